The molecule has 0 atom stereocenters. The van der Waals surface area contributed by atoms with E-state index in [4.69, 9.17) is 4.74 Å². The monoisotopic (exact) mass is 474 g/mol. The molecule has 0 spiro atoms. The maximum atomic E-state index is 12.6. The first-order chi connectivity index (χ1) is 17.1. The second-order valence-electron chi connectivity index (χ2n) is 8.16. The normalized spacial score (nSPS) is 11.0. The number of amides is 2. The van der Waals surface area contributed by atoms with Crippen LogP contribution in [0.1, 0.15) is 28.8 Å². The molecule has 9 nitrogen and oxygen atoms in total. The average Bonchev–Trinajstić information content (AvgIpc) is 3.55. The average molecular weight is 475 g/mol. The molecule has 182 valence electrons. The molecular formula is C26H30N6O3. The van der Waals surface area contributed by atoms with Crippen LogP contribution in [0.3, 0.4) is 0 Å². The van der Waals surface area contributed by atoms with E-state index in [0.29, 0.717) is 31.7 Å². The van der Waals surface area contributed by atoms with Crippen LogP contribution in [0.15, 0.2) is 73.2 Å². The SMILES string of the molecule is COCCNC(=O)CCCn1ccc2cc(C(=O)NNCc3cccc(-n4cccn4)c3)ccc21. The Hall–Kier alpha value is -3.95. The summed E-state index contributed by atoms with van der Waals surface area (Å²) < 4.78 is 8.83. The van der Waals surface area contributed by atoms with Crippen LogP contribution in [-0.4, -0.2) is 46.4 Å². The Morgan fingerprint density at radius 2 is 1.97 bits per heavy atom. The van der Waals surface area contributed by atoms with Crippen molar-refractivity contribution in [2.45, 2.75) is 25.9 Å². The number of ether oxygens (including phenoxy) is 1. The summed E-state index contributed by atoms with van der Waals surface area (Å²) in [7, 11) is 1.61. The number of fused-ring (bicyclic) bond motifs is 1. The summed E-state index contributed by atoms with van der Waals surface area (Å²) in [5.41, 5.74) is 9.36. The fourth-order valence-electron chi connectivity index (χ4n) is 3.86. The van der Waals surface area contributed by atoms with Crippen molar-refractivity contribution in [3.05, 3.63) is 84.3 Å². The van der Waals surface area contributed by atoms with Crippen molar-refractivity contribution in [1.29, 1.82) is 0 Å². The van der Waals surface area contributed by atoms with E-state index in [2.05, 4.69) is 25.8 Å². The Labute approximate surface area is 204 Å². The highest BCUT2D eigenvalue weighted by Crippen LogP contribution is 2.18. The van der Waals surface area contributed by atoms with E-state index in [1.807, 2.05) is 67.0 Å². The Bertz CT molecular complexity index is 1270. The lowest BCUT2D eigenvalue weighted by Crippen LogP contribution is -2.36. The van der Waals surface area contributed by atoms with Gasteiger partial charge in [-0.05, 0) is 54.4 Å². The van der Waals surface area contributed by atoms with Crippen molar-refractivity contribution in [2.24, 2.45) is 0 Å². The number of rotatable bonds is 12. The number of hydrogen-bond acceptors (Lipinski definition) is 5. The van der Waals surface area contributed by atoms with Gasteiger partial charge in [0, 0.05) is 68.2 Å². The molecule has 0 aliphatic carbocycles. The van der Waals surface area contributed by atoms with Gasteiger partial charge in [-0.2, -0.15) is 5.10 Å². The number of carbonyl (C=O) groups excluding carboxylic acids is 2. The van der Waals surface area contributed by atoms with Gasteiger partial charge in [0.05, 0.1) is 12.3 Å². The number of nitrogens with zero attached hydrogens (tertiary/aromatic N) is 3. The Kier molecular flexibility index (Phi) is 8.26. The molecule has 9 heteroatoms. The van der Waals surface area contributed by atoms with Crippen LogP contribution in [0.2, 0.25) is 0 Å². The molecule has 4 aromatic rings. The number of benzene rings is 2. The largest absolute Gasteiger partial charge is 0.383 e. The molecule has 2 aromatic carbocycles. The number of methoxy groups -OCH3 is 1. The minimum Gasteiger partial charge on any atom is -0.383 e. The van der Waals surface area contributed by atoms with E-state index in [0.717, 1.165) is 35.1 Å². The van der Waals surface area contributed by atoms with Gasteiger partial charge in [-0.1, -0.05) is 12.1 Å². The lowest BCUT2D eigenvalue weighted by molar-refractivity contribution is -0.121. The third-order valence-corrected chi connectivity index (χ3v) is 5.64. The van der Waals surface area contributed by atoms with Crippen LogP contribution in [0, 0.1) is 0 Å². The second kappa shape index (κ2) is 12.0. The summed E-state index contributed by atoms with van der Waals surface area (Å²) in [6.45, 7) is 2.25. The number of carbonyl (C=O) groups is 2. The van der Waals surface area contributed by atoms with E-state index < -0.39 is 0 Å². The molecule has 0 unspecified atom stereocenters. The first-order valence-electron chi connectivity index (χ1n) is 11.6. The van der Waals surface area contributed by atoms with E-state index in [-0.39, 0.29) is 11.8 Å². The van der Waals surface area contributed by atoms with Crippen LogP contribution in [0.25, 0.3) is 16.6 Å². The van der Waals surface area contributed by atoms with E-state index in [1.165, 1.54) is 0 Å². The third-order valence-electron chi connectivity index (χ3n) is 5.64. The van der Waals surface area contributed by atoms with Crippen LogP contribution in [0.4, 0.5) is 0 Å². The van der Waals surface area contributed by atoms with Crippen molar-refractivity contribution < 1.29 is 14.3 Å². The fraction of sp³-hybridized carbons (Fsp3) is 0.269. The minimum absolute atomic E-state index is 0.0260. The van der Waals surface area contributed by atoms with Crippen molar-refractivity contribution in [3.8, 4) is 5.69 Å². The third kappa shape index (κ3) is 6.56. The molecule has 4 rings (SSSR count). The number of aromatic nitrogens is 3. The number of nitrogens with one attached hydrogen (secondary N) is 3. The van der Waals surface area contributed by atoms with Crippen LogP contribution < -0.4 is 16.2 Å². The molecule has 0 saturated heterocycles. The molecule has 0 aliphatic rings. The summed E-state index contributed by atoms with van der Waals surface area (Å²) in [6, 6.07) is 17.4. The van der Waals surface area contributed by atoms with Gasteiger partial charge in [-0.15, -0.1) is 0 Å². The van der Waals surface area contributed by atoms with Gasteiger partial charge < -0.3 is 14.6 Å². The molecule has 2 heterocycles. The smallest absolute Gasteiger partial charge is 0.265 e. The standard InChI is InChI=1S/C26H30N6O3/c1-35-16-12-27-25(33)7-3-13-31-15-10-21-18-22(8-9-24(21)31)26(34)30-28-19-20-5-2-6-23(17-20)32-14-4-11-29-32/h2,4-6,8-11,14-15,17-18,28H,3,7,12-13,16,19H2,1H3,(H,27,33)(H,30,34). The quantitative estimate of drug-likeness (QED) is 0.217. The van der Waals surface area contributed by atoms with Gasteiger partial charge in [0.15, 0.2) is 0 Å². The number of hydrazine groups is 1. The van der Waals surface area contributed by atoms with Crippen LogP contribution in [0.5, 0.6) is 0 Å². The lowest BCUT2D eigenvalue weighted by atomic mass is 10.1. The molecule has 0 saturated carbocycles. The highest BCUT2D eigenvalue weighted by atomic mass is 16.5. The van der Waals surface area contributed by atoms with Crippen molar-refractivity contribution >= 4 is 22.7 Å². The van der Waals surface area contributed by atoms with Gasteiger partial charge >= 0.3 is 0 Å². The Morgan fingerprint density at radius 3 is 2.80 bits per heavy atom. The number of hydrogen-bond donors (Lipinski definition) is 3. The molecule has 0 aliphatic heterocycles. The minimum atomic E-state index is -0.199. The first-order valence-corrected chi connectivity index (χ1v) is 11.6. The highest BCUT2D eigenvalue weighted by molar-refractivity contribution is 5.97. The predicted molar refractivity (Wildman–Crippen MR) is 134 cm³/mol. The van der Waals surface area contributed by atoms with E-state index >= 15 is 0 Å². The number of aryl methyl sites for hydroxylation is 1. The molecule has 2 aromatic heterocycles. The van der Waals surface area contributed by atoms with E-state index in [9.17, 15) is 9.59 Å². The molecule has 3 N–H and O–H groups in total. The Balaban J connectivity index is 1.27. The fourth-order valence-corrected chi connectivity index (χ4v) is 3.86. The summed E-state index contributed by atoms with van der Waals surface area (Å²) in [6.07, 6.45) is 6.80. The highest BCUT2D eigenvalue weighted by Gasteiger charge is 2.09. The molecule has 35 heavy (non-hydrogen) atoms. The summed E-state index contributed by atoms with van der Waals surface area (Å²) >= 11 is 0. The summed E-state index contributed by atoms with van der Waals surface area (Å²) in [4.78, 5) is 24.5. The summed E-state index contributed by atoms with van der Waals surface area (Å²) in [5.74, 6) is -0.173. The summed E-state index contributed by atoms with van der Waals surface area (Å²) in [5, 5.41) is 8.05. The molecular weight excluding hydrogens is 444 g/mol. The van der Waals surface area contributed by atoms with Crippen molar-refractivity contribution in [1.82, 2.24) is 30.5 Å². The van der Waals surface area contributed by atoms with Crippen LogP contribution in [-0.2, 0) is 22.6 Å². The van der Waals surface area contributed by atoms with Gasteiger partial charge in [0.1, 0.15) is 0 Å². The molecule has 0 radical (unpaired) electrons. The van der Waals surface area contributed by atoms with Crippen molar-refractivity contribution in [2.75, 3.05) is 20.3 Å². The maximum Gasteiger partial charge on any atom is 0.265 e. The Morgan fingerprint density at radius 1 is 1.06 bits per heavy atom. The van der Waals surface area contributed by atoms with E-state index in [1.54, 1.807) is 18.0 Å². The van der Waals surface area contributed by atoms with Gasteiger partial charge in [0.2, 0.25) is 5.91 Å². The zero-order chi connectivity index (χ0) is 24.5. The van der Waals surface area contributed by atoms with Gasteiger partial charge in [0.25, 0.3) is 5.91 Å². The molecule has 2 amide bonds. The topological polar surface area (TPSA) is 102 Å². The molecule has 0 fully saturated rings. The van der Waals surface area contributed by atoms with Gasteiger partial charge in [-0.25, -0.2) is 10.1 Å². The second-order valence-corrected chi connectivity index (χ2v) is 8.16. The van der Waals surface area contributed by atoms with Crippen LogP contribution >= 0.6 is 0 Å². The zero-order valence-electron chi connectivity index (χ0n) is 19.7. The van der Waals surface area contributed by atoms with Crippen molar-refractivity contribution in [3.63, 3.8) is 0 Å². The maximum absolute atomic E-state index is 12.6. The predicted octanol–water partition coefficient (Wildman–Crippen LogP) is 2.80. The zero-order valence-corrected chi connectivity index (χ0v) is 19.7. The first kappa shape index (κ1) is 24.2. The molecule has 0 bridgehead atoms. The van der Waals surface area contributed by atoms with Gasteiger partial charge in [-0.3, -0.25) is 15.0 Å². The lowest BCUT2D eigenvalue weighted by Gasteiger charge is -2.10.